The standard InChI is InChI=1S/C8H5F2N3O2/c9-5-1-3(8(14)13-15)6(10)7(12)4(5)2-11/h1,15H,12H2,(H,13,14). The maximum atomic E-state index is 13.3. The quantitative estimate of drug-likeness (QED) is 0.360. The van der Waals surface area contributed by atoms with Gasteiger partial charge in [-0.15, -0.1) is 0 Å². The van der Waals surface area contributed by atoms with Crippen LogP contribution in [0.4, 0.5) is 14.5 Å². The van der Waals surface area contributed by atoms with Crippen molar-refractivity contribution in [2.45, 2.75) is 0 Å². The van der Waals surface area contributed by atoms with Crippen LogP contribution < -0.4 is 11.2 Å². The second kappa shape index (κ2) is 3.89. The molecule has 4 N–H and O–H groups in total. The first-order valence-corrected chi connectivity index (χ1v) is 3.65. The molecule has 0 aliphatic carbocycles. The number of hydrogen-bond donors (Lipinski definition) is 3. The zero-order valence-corrected chi connectivity index (χ0v) is 7.21. The van der Waals surface area contributed by atoms with Crippen LogP contribution in [0.5, 0.6) is 0 Å². The molecule has 1 rings (SSSR count). The van der Waals surface area contributed by atoms with Crippen LogP contribution in [0.1, 0.15) is 15.9 Å². The lowest BCUT2D eigenvalue weighted by Crippen LogP contribution is -2.21. The van der Waals surface area contributed by atoms with Gasteiger partial charge in [0.15, 0.2) is 5.82 Å². The Kier molecular flexibility index (Phi) is 2.82. The zero-order valence-electron chi connectivity index (χ0n) is 7.21. The molecular formula is C8H5F2N3O2. The number of halogens is 2. The summed E-state index contributed by atoms with van der Waals surface area (Å²) >= 11 is 0. The summed E-state index contributed by atoms with van der Waals surface area (Å²) in [5, 5.41) is 16.7. The smallest absolute Gasteiger partial charge is 0.277 e. The normalized spacial score (nSPS) is 9.47. The molecule has 0 spiro atoms. The van der Waals surface area contributed by atoms with Gasteiger partial charge < -0.3 is 5.73 Å². The molecule has 0 bridgehead atoms. The second-order valence-electron chi connectivity index (χ2n) is 2.56. The van der Waals surface area contributed by atoms with E-state index in [1.54, 1.807) is 0 Å². The van der Waals surface area contributed by atoms with Gasteiger partial charge in [-0.3, -0.25) is 10.0 Å². The van der Waals surface area contributed by atoms with E-state index < -0.39 is 34.4 Å². The molecule has 0 atom stereocenters. The van der Waals surface area contributed by atoms with Crippen molar-refractivity contribution >= 4 is 11.6 Å². The molecule has 0 saturated carbocycles. The summed E-state index contributed by atoms with van der Waals surface area (Å²) in [4.78, 5) is 10.8. The molecule has 0 saturated heterocycles. The van der Waals surface area contributed by atoms with E-state index in [0.29, 0.717) is 6.07 Å². The van der Waals surface area contributed by atoms with Gasteiger partial charge in [0.2, 0.25) is 0 Å². The summed E-state index contributed by atoms with van der Waals surface area (Å²) in [6.07, 6.45) is 0. The lowest BCUT2D eigenvalue weighted by molar-refractivity contribution is 0.0701. The predicted molar refractivity (Wildman–Crippen MR) is 44.7 cm³/mol. The highest BCUT2D eigenvalue weighted by Crippen LogP contribution is 2.22. The maximum Gasteiger partial charge on any atom is 0.277 e. The fraction of sp³-hybridized carbons (Fsp3) is 0. The van der Waals surface area contributed by atoms with Gasteiger partial charge in [-0.05, 0) is 6.07 Å². The number of amides is 1. The van der Waals surface area contributed by atoms with Gasteiger partial charge >= 0.3 is 0 Å². The van der Waals surface area contributed by atoms with Crippen molar-refractivity contribution in [3.05, 3.63) is 28.8 Å². The Balaban J connectivity index is 3.49. The molecule has 7 heteroatoms. The first kappa shape index (κ1) is 10.9. The Hall–Kier alpha value is -2.20. The lowest BCUT2D eigenvalue weighted by atomic mass is 10.1. The van der Waals surface area contributed by atoms with E-state index in [4.69, 9.17) is 16.2 Å². The maximum absolute atomic E-state index is 13.3. The van der Waals surface area contributed by atoms with E-state index >= 15 is 0 Å². The van der Waals surface area contributed by atoms with E-state index in [1.165, 1.54) is 6.07 Å². The van der Waals surface area contributed by atoms with Crippen molar-refractivity contribution in [2.24, 2.45) is 0 Å². The van der Waals surface area contributed by atoms with Crippen molar-refractivity contribution in [3.63, 3.8) is 0 Å². The Bertz CT molecular complexity index is 468. The summed E-state index contributed by atoms with van der Waals surface area (Å²) in [6, 6.07) is 1.84. The third-order valence-electron chi connectivity index (χ3n) is 1.71. The van der Waals surface area contributed by atoms with E-state index in [9.17, 15) is 13.6 Å². The van der Waals surface area contributed by atoms with Crippen LogP contribution in [0, 0.1) is 23.0 Å². The zero-order chi connectivity index (χ0) is 11.6. The molecule has 15 heavy (non-hydrogen) atoms. The highest BCUT2D eigenvalue weighted by atomic mass is 19.1. The van der Waals surface area contributed by atoms with E-state index in [2.05, 4.69) is 0 Å². The van der Waals surface area contributed by atoms with Crippen molar-refractivity contribution < 1.29 is 18.8 Å². The Morgan fingerprint density at radius 2 is 2.20 bits per heavy atom. The molecule has 5 nitrogen and oxygen atoms in total. The largest absolute Gasteiger partial charge is 0.395 e. The van der Waals surface area contributed by atoms with Crippen LogP contribution in [-0.4, -0.2) is 11.1 Å². The molecule has 0 unspecified atom stereocenters. The highest BCUT2D eigenvalue weighted by molar-refractivity contribution is 5.95. The molecule has 0 heterocycles. The molecule has 0 aliphatic heterocycles. The summed E-state index contributed by atoms with van der Waals surface area (Å²) in [5.41, 5.74) is 4.00. The molecule has 78 valence electrons. The van der Waals surface area contributed by atoms with Gasteiger partial charge in [0.05, 0.1) is 11.3 Å². The van der Waals surface area contributed by atoms with Crippen LogP contribution >= 0.6 is 0 Å². The Morgan fingerprint density at radius 3 is 2.67 bits per heavy atom. The highest BCUT2D eigenvalue weighted by Gasteiger charge is 2.20. The number of nitrogens with two attached hydrogens (primary N) is 1. The summed E-state index contributed by atoms with van der Waals surface area (Å²) in [6.45, 7) is 0. The number of hydrogen-bond acceptors (Lipinski definition) is 4. The number of nitrogens with one attached hydrogen (secondary N) is 1. The van der Waals surface area contributed by atoms with Crippen molar-refractivity contribution in [1.29, 1.82) is 5.26 Å². The van der Waals surface area contributed by atoms with Crippen molar-refractivity contribution in [1.82, 2.24) is 5.48 Å². The average molecular weight is 213 g/mol. The Morgan fingerprint density at radius 1 is 1.60 bits per heavy atom. The molecule has 0 aromatic heterocycles. The fourth-order valence-corrected chi connectivity index (χ4v) is 0.985. The molecule has 0 radical (unpaired) electrons. The monoisotopic (exact) mass is 213 g/mol. The number of anilines is 1. The summed E-state index contributed by atoms with van der Waals surface area (Å²) < 4.78 is 26.3. The number of carbonyl (C=O) groups excluding carboxylic acids is 1. The average Bonchev–Trinajstić information content (AvgIpc) is 2.23. The lowest BCUT2D eigenvalue weighted by Gasteiger charge is -2.05. The number of nitrogens with zero attached hydrogens (tertiary/aromatic N) is 1. The van der Waals surface area contributed by atoms with Gasteiger partial charge in [-0.2, -0.15) is 5.26 Å². The predicted octanol–water partition coefficient (Wildman–Crippen LogP) is 0.538. The van der Waals surface area contributed by atoms with E-state index in [1.807, 2.05) is 0 Å². The van der Waals surface area contributed by atoms with Crippen LogP contribution in [0.2, 0.25) is 0 Å². The summed E-state index contributed by atoms with van der Waals surface area (Å²) in [5.74, 6) is -3.63. The number of nitrogen functional groups attached to an aromatic ring is 1. The van der Waals surface area contributed by atoms with Crippen LogP contribution in [0.25, 0.3) is 0 Å². The van der Waals surface area contributed by atoms with Gasteiger partial charge in [0.25, 0.3) is 5.91 Å². The number of carbonyl (C=O) groups is 1. The van der Waals surface area contributed by atoms with Crippen LogP contribution in [0.15, 0.2) is 6.07 Å². The fourth-order valence-electron chi connectivity index (χ4n) is 0.985. The minimum atomic E-state index is -1.25. The molecule has 0 aliphatic rings. The van der Waals surface area contributed by atoms with Crippen molar-refractivity contribution in [2.75, 3.05) is 5.73 Å². The van der Waals surface area contributed by atoms with Gasteiger partial charge in [-0.25, -0.2) is 14.3 Å². The van der Waals surface area contributed by atoms with E-state index in [0.717, 1.165) is 5.48 Å². The third-order valence-corrected chi connectivity index (χ3v) is 1.71. The molecule has 1 aromatic carbocycles. The molecule has 1 amide bonds. The molecule has 1 aromatic rings. The van der Waals surface area contributed by atoms with Crippen LogP contribution in [0.3, 0.4) is 0 Å². The molecular weight excluding hydrogens is 208 g/mol. The number of hydroxylamine groups is 1. The minimum Gasteiger partial charge on any atom is -0.395 e. The van der Waals surface area contributed by atoms with E-state index in [-0.39, 0.29) is 0 Å². The van der Waals surface area contributed by atoms with Crippen molar-refractivity contribution in [3.8, 4) is 6.07 Å². The SMILES string of the molecule is N#Cc1c(F)cc(C(=O)NO)c(F)c1N. The van der Waals surface area contributed by atoms with Gasteiger partial charge in [-0.1, -0.05) is 0 Å². The second-order valence-corrected chi connectivity index (χ2v) is 2.56. The third kappa shape index (κ3) is 1.70. The number of nitriles is 1. The first-order chi connectivity index (χ1) is 7.02. The van der Waals surface area contributed by atoms with Crippen LogP contribution in [-0.2, 0) is 0 Å². The summed E-state index contributed by atoms with van der Waals surface area (Å²) in [7, 11) is 0. The topological polar surface area (TPSA) is 99.1 Å². The molecule has 0 fully saturated rings. The van der Waals surface area contributed by atoms with Gasteiger partial charge in [0, 0.05) is 0 Å². The first-order valence-electron chi connectivity index (χ1n) is 3.65. The number of benzene rings is 1. The van der Waals surface area contributed by atoms with Gasteiger partial charge in [0.1, 0.15) is 17.4 Å². The minimum absolute atomic E-state index is 0.482. The number of rotatable bonds is 1. The Labute approximate surface area is 82.7 Å².